The summed E-state index contributed by atoms with van der Waals surface area (Å²) in [6.45, 7) is 3.37. The van der Waals surface area contributed by atoms with E-state index in [1.165, 1.54) is 8.61 Å². The zero-order valence-electron chi connectivity index (χ0n) is 12.4. The summed E-state index contributed by atoms with van der Waals surface area (Å²) in [5, 5.41) is 9.48. The van der Waals surface area contributed by atoms with Crippen molar-refractivity contribution in [3.05, 3.63) is 0 Å². The molecule has 2 heterocycles. The molecule has 2 fully saturated rings. The fourth-order valence-corrected chi connectivity index (χ4v) is 4.57. The standard InChI is InChI=1S/C13H24N2O5S/c1-2-20-13(17)11-4-3-7-15(10-11)21(18,19)14-8-5-12(16)6-9-14/h11-12,16H,2-10H2,1H3. The molecule has 1 N–H and O–H groups in total. The van der Waals surface area contributed by atoms with Crippen molar-refractivity contribution in [3.63, 3.8) is 0 Å². The van der Waals surface area contributed by atoms with E-state index in [0.717, 1.165) is 0 Å². The zero-order chi connectivity index (χ0) is 15.5. The van der Waals surface area contributed by atoms with E-state index < -0.39 is 16.3 Å². The fourth-order valence-electron chi connectivity index (χ4n) is 2.84. The minimum atomic E-state index is -3.54. The molecule has 2 aliphatic rings. The van der Waals surface area contributed by atoms with Gasteiger partial charge in [-0.05, 0) is 32.6 Å². The summed E-state index contributed by atoms with van der Waals surface area (Å²) in [5.41, 5.74) is 0. The summed E-state index contributed by atoms with van der Waals surface area (Å²) in [4.78, 5) is 11.8. The highest BCUT2D eigenvalue weighted by Gasteiger charge is 2.37. The second-order valence-corrected chi connectivity index (χ2v) is 7.52. The minimum absolute atomic E-state index is 0.195. The Morgan fingerprint density at radius 2 is 1.86 bits per heavy atom. The van der Waals surface area contributed by atoms with Crippen LogP contribution < -0.4 is 0 Å². The average Bonchev–Trinajstić information content (AvgIpc) is 2.48. The van der Waals surface area contributed by atoms with Crippen molar-refractivity contribution in [2.24, 2.45) is 5.92 Å². The summed E-state index contributed by atoms with van der Waals surface area (Å²) in [6.07, 6.45) is 1.86. The van der Waals surface area contributed by atoms with Crippen LogP contribution in [0.2, 0.25) is 0 Å². The smallest absolute Gasteiger partial charge is 0.310 e. The molecule has 0 aromatic heterocycles. The number of hydrogen-bond acceptors (Lipinski definition) is 5. The molecular formula is C13H24N2O5S. The Hall–Kier alpha value is -0.700. The lowest BCUT2D eigenvalue weighted by molar-refractivity contribution is -0.149. The number of hydrogen-bond donors (Lipinski definition) is 1. The van der Waals surface area contributed by atoms with Gasteiger partial charge in [0.25, 0.3) is 10.2 Å². The number of rotatable bonds is 4. The third kappa shape index (κ3) is 3.94. The van der Waals surface area contributed by atoms with E-state index in [0.29, 0.717) is 51.9 Å². The van der Waals surface area contributed by atoms with Crippen LogP contribution in [0.4, 0.5) is 0 Å². The molecule has 0 saturated carbocycles. The molecule has 2 saturated heterocycles. The van der Waals surface area contributed by atoms with E-state index in [4.69, 9.17) is 4.74 Å². The summed E-state index contributed by atoms with van der Waals surface area (Å²) in [6, 6.07) is 0. The summed E-state index contributed by atoms with van der Waals surface area (Å²) in [7, 11) is -3.54. The molecule has 122 valence electrons. The molecule has 0 aromatic rings. The van der Waals surface area contributed by atoms with Crippen LogP contribution in [0, 0.1) is 5.92 Å². The van der Waals surface area contributed by atoms with Crippen LogP contribution in [0.25, 0.3) is 0 Å². The molecule has 0 aromatic carbocycles. The molecule has 0 aliphatic carbocycles. The van der Waals surface area contributed by atoms with Crippen molar-refractivity contribution in [1.82, 2.24) is 8.61 Å². The van der Waals surface area contributed by atoms with Gasteiger partial charge in [0.2, 0.25) is 0 Å². The number of esters is 1. The topological polar surface area (TPSA) is 87.2 Å². The lowest BCUT2D eigenvalue weighted by Crippen LogP contribution is -2.51. The summed E-state index contributed by atoms with van der Waals surface area (Å²) >= 11 is 0. The first-order valence-electron chi connectivity index (χ1n) is 7.55. The normalized spacial score (nSPS) is 26.7. The Kier molecular flexibility index (Phi) is 5.59. The minimum Gasteiger partial charge on any atom is -0.466 e. The molecule has 21 heavy (non-hydrogen) atoms. The van der Waals surface area contributed by atoms with Gasteiger partial charge in [0.15, 0.2) is 0 Å². The average molecular weight is 320 g/mol. The van der Waals surface area contributed by atoms with Gasteiger partial charge in [0.05, 0.1) is 18.6 Å². The van der Waals surface area contributed by atoms with E-state index in [-0.39, 0.29) is 18.4 Å². The van der Waals surface area contributed by atoms with E-state index in [1.807, 2.05) is 0 Å². The number of carbonyl (C=O) groups is 1. The van der Waals surface area contributed by atoms with Crippen LogP contribution in [0.1, 0.15) is 32.6 Å². The van der Waals surface area contributed by atoms with Crippen LogP contribution >= 0.6 is 0 Å². The van der Waals surface area contributed by atoms with Crippen LogP contribution in [0.15, 0.2) is 0 Å². The third-order valence-corrected chi connectivity index (χ3v) is 6.08. The fraction of sp³-hybridized carbons (Fsp3) is 0.923. The maximum atomic E-state index is 12.6. The van der Waals surface area contributed by atoms with Crippen LogP contribution in [0.3, 0.4) is 0 Å². The molecule has 2 aliphatic heterocycles. The lowest BCUT2D eigenvalue weighted by atomic mass is 10.0. The number of ether oxygens (including phenoxy) is 1. The van der Waals surface area contributed by atoms with Gasteiger partial charge >= 0.3 is 5.97 Å². The van der Waals surface area contributed by atoms with Crippen LogP contribution in [-0.2, 0) is 19.7 Å². The predicted molar refractivity (Wildman–Crippen MR) is 76.7 cm³/mol. The van der Waals surface area contributed by atoms with Gasteiger partial charge < -0.3 is 9.84 Å². The maximum absolute atomic E-state index is 12.6. The molecule has 0 bridgehead atoms. The van der Waals surface area contributed by atoms with Gasteiger partial charge in [-0.15, -0.1) is 0 Å². The van der Waals surface area contributed by atoms with Crippen molar-refractivity contribution < 1.29 is 23.1 Å². The highest BCUT2D eigenvalue weighted by atomic mass is 32.2. The van der Waals surface area contributed by atoms with E-state index in [2.05, 4.69) is 0 Å². The van der Waals surface area contributed by atoms with Crippen LogP contribution in [-0.4, -0.2) is 67.0 Å². The number of aliphatic hydroxyl groups excluding tert-OH is 1. The molecule has 1 atom stereocenters. The Bertz CT molecular complexity index is 459. The van der Waals surface area contributed by atoms with Gasteiger partial charge in [-0.25, -0.2) is 0 Å². The number of nitrogens with zero attached hydrogens (tertiary/aromatic N) is 2. The van der Waals surface area contributed by atoms with Gasteiger partial charge in [-0.3, -0.25) is 4.79 Å². The molecule has 0 spiro atoms. The molecule has 2 rings (SSSR count). The highest BCUT2D eigenvalue weighted by molar-refractivity contribution is 7.86. The van der Waals surface area contributed by atoms with E-state index >= 15 is 0 Å². The maximum Gasteiger partial charge on any atom is 0.310 e. The SMILES string of the molecule is CCOC(=O)C1CCCN(S(=O)(=O)N2CCC(O)CC2)C1. The Morgan fingerprint density at radius 3 is 2.48 bits per heavy atom. The molecule has 7 nitrogen and oxygen atoms in total. The predicted octanol–water partition coefficient (Wildman–Crippen LogP) is -0.0370. The van der Waals surface area contributed by atoms with Crippen molar-refractivity contribution in [2.75, 3.05) is 32.8 Å². The van der Waals surface area contributed by atoms with Gasteiger partial charge in [-0.2, -0.15) is 17.0 Å². The van der Waals surface area contributed by atoms with Crippen molar-refractivity contribution in [2.45, 2.75) is 38.7 Å². The molecule has 0 amide bonds. The van der Waals surface area contributed by atoms with E-state index in [9.17, 15) is 18.3 Å². The second kappa shape index (κ2) is 7.04. The van der Waals surface area contributed by atoms with Gasteiger partial charge in [-0.1, -0.05) is 0 Å². The molecule has 8 heteroatoms. The first-order chi connectivity index (χ1) is 9.95. The number of piperidine rings is 2. The second-order valence-electron chi connectivity index (χ2n) is 5.59. The largest absolute Gasteiger partial charge is 0.466 e. The van der Waals surface area contributed by atoms with Crippen molar-refractivity contribution in [1.29, 1.82) is 0 Å². The van der Waals surface area contributed by atoms with Crippen LogP contribution in [0.5, 0.6) is 0 Å². The Balaban J connectivity index is 2.01. The lowest BCUT2D eigenvalue weighted by Gasteiger charge is -2.36. The Morgan fingerprint density at radius 1 is 1.19 bits per heavy atom. The van der Waals surface area contributed by atoms with Crippen molar-refractivity contribution in [3.8, 4) is 0 Å². The zero-order valence-corrected chi connectivity index (χ0v) is 13.2. The monoisotopic (exact) mass is 320 g/mol. The first kappa shape index (κ1) is 16.7. The number of aliphatic hydroxyl groups is 1. The first-order valence-corrected chi connectivity index (χ1v) is 8.94. The van der Waals surface area contributed by atoms with Gasteiger partial charge in [0, 0.05) is 26.2 Å². The molecule has 0 radical (unpaired) electrons. The third-order valence-electron chi connectivity index (χ3n) is 4.08. The number of carbonyl (C=O) groups excluding carboxylic acids is 1. The summed E-state index contributed by atoms with van der Waals surface area (Å²) in [5.74, 6) is -0.685. The van der Waals surface area contributed by atoms with E-state index in [1.54, 1.807) is 6.92 Å². The quantitative estimate of drug-likeness (QED) is 0.735. The molecular weight excluding hydrogens is 296 g/mol. The Labute approximate surface area is 126 Å². The van der Waals surface area contributed by atoms with Crippen molar-refractivity contribution >= 4 is 16.2 Å². The highest BCUT2D eigenvalue weighted by Crippen LogP contribution is 2.24. The molecule has 1 unspecified atom stereocenters. The summed E-state index contributed by atoms with van der Waals surface area (Å²) < 4.78 is 33.0. The van der Waals surface area contributed by atoms with Gasteiger partial charge in [0.1, 0.15) is 0 Å².